The first-order chi connectivity index (χ1) is 13.8. The second-order valence-corrected chi connectivity index (χ2v) is 6.80. The highest BCUT2D eigenvalue weighted by Crippen LogP contribution is 2.22. The first-order valence-corrected chi connectivity index (χ1v) is 9.54. The highest BCUT2D eigenvalue weighted by atomic mass is 16.1. The van der Waals surface area contributed by atoms with Crippen LogP contribution >= 0.6 is 0 Å². The Bertz CT molecular complexity index is 904. The number of benzene rings is 1. The molecule has 1 fully saturated rings. The van der Waals surface area contributed by atoms with E-state index in [1.165, 1.54) is 18.5 Å². The maximum atomic E-state index is 12.5. The molecular formula is C22H23N5O. The second-order valence-electron chi connectivity index (χ2n) is 6.80. The molecule has 6 heteroatoms. The van der Waals surface area contributed by atoms with E-state index in [-0.39, 0.29) is 5.91 Å². The van der Waals surface area contributed by atoms with Crippen LogP contribution in [0.4, 0.5) is 17.2 Å². The number of anilines is 3. The van der Waals surface area contributed by atoms with E-state index in [2.05, 4.69) is 37.6 Å². The van der Waals surface area contributed by atoms with Gasteiger partial charge in [-0.1, -0.05) is 6.07 Å². The van der Waals surface area contributed by atoms with Gasteiger partial charge in [-0.3, -0.25) is 9.78 Å². The lowest BCUT2D eigenvalue weighted by Gasteiger charge is -2.17. The molecule has 28 heavy (non-hydrogen) atoms. The van der Waals surface area contributed by atoms with E-state index in [0.29, 0.717) is 17.9 Å². The van der Waals surface area contributed by atoms with Crippen LogP contribution in [0.3, 0.4) is 0 Å². The van der Waals surface area contributed by atoms with Gasteiger partial charge in [-0.05, 0) is 61.4 Å². The summed E-state index contributed by atoms with van der Waals surface area (Å²) in [6.45, 7) is 2.80. The number of hydrogen-bond donors (Lipinski definition) is 2. The molecular weight excluding hydrogens is 350 g/mol. The summed E-state index contributed by atoms with van der Waals surface area (Å²) in [5.41, 5.74) is 3.45. The van der Waals surface area contributed by atoms with E-state index in [4.69, 9.17) is 0 Å². The number of pyridine rings is 2. The van der Waals surface area contributed by atoms with Gasteiger partial charge in [0.25, 0.3) is 5.91 Å². The summed E-state index contributed by atoms with van der Waals surface area (Å²) >= 11 is 0. The maximum Gasteiger partial charge on any atom is 0.257 e. The number of rotatable bonds is 6. The van der Waals surface area contributed by atoms with Crippen molar-refractivity contribution >= 4 is 23.1 Å². The molecule has 2 N–H and O–H groups in total. The summed E-state index contributed by atoms with van der Waals surface area (Å²) in [5.74, 6) is 0.537. The molecule has 1 saturated heterocycles. The van der Waals surface area contributed by atoms with Gasteiger partial charge in [-0.15, -0.1) is 0 Å². The van der Waals surface area contributed by atoms with Gasteiger partial charge in [-0.2, -0.15) is 0 Å². The van der Waals surface area contributed by atoms with Gasteiger partial charge in [0.05, 0.1) is 17.8 Å². The molecule has 3 aromatic rings. The van der Waals surface area contributed by atoms with Crippen molar-refractivity contribution in [1.82, 2.24) is 9.97 Å². The Kier molecular flexibility index (Phi) is 5.47. The Morgan fingerprint density at radius 2 is 1.79 bits per heavy atom. The second kappa shape index (κ2) is 8.52. The van der Waals surface area contributed by atoms with Crippen molar-refractivity contribution in [3.8, 4) is 0 Å². The lowest BCUT2D eigenvalue weighted by Crippen LogP contribution is -2.17. The number of aromatic nitrogens is 2. The summed E-state index contributed by atoms with van der Waals surface area (Å²) in [7, 11) is 0. The van der Waals surface area contributed by atoms with Crippen molar-refractivity contribution in [3.05, 3.63) is 78.2 Å². The van der Waals surface area contributed by atoms with E-state index in [0.717, 1.165) is 24.5 Å². The van der Waals surface area contributed by atoms with E-state index < -0.39 is 0 Å². The number of carbonyl (C=O) groups excluding carboxylic acids is 1. The third kappa shape index (κ3) is 4.46. The third-order valence-electron chi connectivity index (χ3n) is 4.80. The lowest BCUT2D eigenvalue weighted by molar-refractivity contribution is 0.102. The average Bonchev–Trinajstić information content (AvgIpc) is 3.29. The van der Waals surface area contributed by atoms with Crippen LogP contribution in [0.5, 0.6) is 0 Å². The molecule has 2 aromatic heterocycles. The zero-order chi connectivity index (χ0) is 19.2. The first kappa shape index (κ1) is 18.0. The van der Waals surface area contributed by atoms with E-state index in [9.17, 15) is 4.79 Å². The minimum absolute atomic E-state index is 0.169. The van der Waals surface area contributed by atoms with E-state index >= 15 is 0 Å². The van der Waals surface area contributed by atoms with Crippen molar-refractivity contribution in [1.29, 1.82) is 0 Å². The molecule has 1 aliphatic rings. The fourth-order valence-electron chi connectivity index (χ4n) is 3.25. The monoisotopic (exact) mass is 373 g/mol. The molecule has 1 aromatic carbocycles. The summed E-state index contributed by atoms with van der Waals surface area (Å²) in [6, 6.07) is 17.4. The standard InChI is InChI=1S/C22H23N5O/c28-22(26-18-7-9-20(10-8-18)27-13-3-4-14-27)17-6-11-21(24-15-17)25-16-19-5-1-2-12-23-19/h1-2,5-12,15H,3-4,13-14,16H2,(H,24,25)(H,26,28). The smallest absolute Gasteiger partial charge is 0.257 e. The van der Waals surface area contributed by atoms with Crippen LogP contribution in [-0.4, -0.2) is 29.0 Å². The fourth-order valence-corrected chi connectivity index (χ4v) is 3.25. The Labute approximate surface area is 164 Å². The van der Waals surface area contributed by atoms with Gasteiger partial charge in [0, 0.05) is 36.9 Å². The van der Waals surface area contributed by atoms with Gasteiger partial charge >= 0.3 is 0 Å². The topological polar surface area (TPSA) is 70.2 Å². The molecule has 1 amide bonds. The largest absolute Gasteiger partial charge is 0.372 e. The highest BCUT2D eigenvalue weighted by molar-refractivity contribution is 6.04. The molecule has 142 valence electrons. The Morgan fingerprint density at radius 3 is 2.46 bits per heavy atom. The normalized spacial score (nSPS) is 13.4. The van der Waals surface area contributed by atoms with Gasteiger partial charge < -0.3 is 15.5 Å². The molecule has 4 rings (SSSR count). The predicted octanol–water partition coefficient (Wildman–Crippen LogP) is 3.94. The van der Waals surface area contributed by atoms with Gasteiger partial charge in [0.15, 0.2) is 0 Å². The summed E-state index contributed by atoms with van der Waals surface area (Å²) in [4.78, 5) is 23.4. The van der Waals surface area contributed by atoms with E-state index in [1.54, 1.807) is 24.5 Å². The lowest BCUT2D eigenvalue weighted by atomic mass is 10.2. The van der Waals surface area contributed by atoms with Crippen molar-refractivity contribution in [3.63, 3.8) is 0 Å². The molecule has 0 unspecified atom stereocenters. The molecule has 0 saturated carbocycles. The number of amides is 1. The Hall–Kier alpha value is -3.41. The summed E-state index contributed by atoms with van der Waals surface area (Å²) < 4.78 is 0. The highest BCUT2D eigenvalue weighted by Gasteiger charge is 2.12. The van der Waals surface area contributed by atoms with Crippen molar-refractivity contribution < 1.29 is 4.79 Å². The zero-order valence-corrected chi connectivity index (χ0v) is 15.6. The average molecular weight is 373 g/mol. The fraction of sp³-hybridized carbons (Fsp3) is 0.227. The third-order valence-corrected chi connectivity index (χ3v) is 4.80. The van der Waals surface area contributed by atoms with Gasteiger partial charge in [0.1, 0.15) is 5.82 Å². The van der Waals surface area contributed by atoms with Crippen LogP contribution in [-0.2, 0) is 6.54 Å². The number of nitrogens with zero attached hydrogens (tertiary/aromatic N) is 3. The quantitative estimate of drug-likeness (QED) is 0.685. The van der Waals surface area contributed by atoms with Crippen molar-refractivity contribution in [2.75, 3.05) is 28.6 Å². The van der Waals surface area contributed by atoms with Gasteiger partial charge in [-0.25, -0.2) is 4.98 Å². The van der Waals surface area contributed by atoms with Crippen molar-refractivity contribution in [2.45, 2.75) is 19.4 Å². The van der Waals surface area contributed by atoms with Crippen LogP contribution in [0.2, 0.25) is 0 Å². The molecule has 0 atom stereocenters. The van der Waals surface area contributed by atoms with E-state index in [1.807, 2.05) is 30.3 Å². The molecule has 0 spiro atoms. The van der Waals surface area contributed by atoms with Crippen LogP contribution in [0.1, 0.15) is 28.9 Å². The van der Waals surface area contributed by atoms with Crippen LogP contribution < -0.4 is 15.5 Å². The maximum absolute atomic E-state index is 12.5. The predicted molar refractivity (Wildman–Crippen MR) is 112 cm³/mol. The minimum Gasteiger partial charge on any atom is -0.372 e. The van der Waals surface area contributed by atoms with Gasteiger partial charge in [0.2, 0.25) is 0 Å². The molecule has 0 bridgehead atoms. The number of carbonyl (C=O) groups is 1. The molecule has 0 radical (unpaired) electrons. The van der Waals surface area contributed by atoms with Crippen LogP contribution in [0.15, 0.2) is 67.0 Å². The molecule has 6 nitrogen and oxygen atoms in total. The number of nitrogens with one attached hydrogen (secondary N) is 2. The summed E-state index contributed by atoms with van der Waals surface area (Å²) in [5, 5.41) is 6.13. The van der Waals surface area contributed by atoms with Crippen LogP contribution in [0.25, 0.3) is 0 Å². The zero-order valence-electron chi connectivity index (χ0n) is 15.6. The number of hydrogen-bond acceptors (Lipinski definition) is 5. The molecule has 3 heterocycles. The Balaban J connectivity index is 1.33. The molecule has 1 aliphatic heterocycles. The SMILES string of the molecule is O=C(Nc1ccc(N2CCCC2)cc1)c1ccc(NCc2ccccn2)nc1. The minimum atomic E-state index is -0.169. The van der Waals surface area contributed by atoms with Crippen LogP contribution in [0, 0.1) is 0 Å². The van der Waals surface area contributed by atoms with Crippen molar-refractivity contribution in [2.24, 2.45) is 0 Å². The molecule has 0 aliphatic carbocycles. The summed E-state index contributed by atoms with van der Waals surface area (Å²) in [6.07, 6.45) is 5.83. The Morgan fingerprint density at radius 1 is 0.964 bits per heavy atom. The first-order valence-electron chi connectivity index (χ1n) is 9.54.